The Bertz CT molecular complexity index is 6820. The molecule has 0 N–H and O–H groups in total. The molecule has 8 nitrogen and oxygen atoms in total. The zero-order valence-electron chi connectivity index (χ0n) is 244. The lowest BCUT2D eigenvalue weighted by molar-refractivity contribution is 1.36. The number of hydrogen-bond acceptors (Lipinski definition) is 8. The fourth-order valence-electron chi connectivity index (χ4n) is 15.7. The highest BCUT2D eigenvalue weighted by molar-refractivity contribution is 6.29. The van der Waals surface area contributed by atoms with E-state index in [1.54, 1.807) is 24.8 Å². The molecule has 0 atom stereocenters. The zero-order valence-corrected chi connectivity index (χ0v) is 58.1. The Morgan fingerprint density at radius 3 is 0.611 bits per heavy atom. The van der Waals surface area contributed by atoms with E-state index in [-0.39, 0.29) is 0 Å². The molecule has 0 aliphatic rings. The molecule has 16 aromatic carbocycles. The summed E-state index contributed by atoms with van der Waals surface area (Å²) in [6, 6.07) is 97.4. The van der Waals surface area contributed by atoms with Crippen LogP contribution in [0, 0.1) is 0 Å². The molecule has 0 aliphatic carbocycles. The Morgan fingerprint density at radius 1 is 0.148 bits per heavy atom. The monoisotopic (exact) mass is 1750 g/mol. The van der Waals surface area contributed by atoms with E-state index < -0.39 is 0 Å². The Morgan fingerprint density at radius 2 is 0.315 bits per heavy atom. The predicted molar refractivity (Wildman–Crippen MR) is 646 cm³/mol. The number of nitrogens with zero attached hydrogens (tertiary/aromatic N) is 8. The molecule has 24 aromatic rings. The van der Waals surface area contributed by atoms with Gasteiger partial charge in [0.25, 0.3) is 0 Å². The SMILES string of the molecule is [2H][2H].[2H][2H].[2H][2H].[2H][2H].[2H][2H].[2H][2H].[2H][2H].[2H][2H].[2H][2H].[2H][2H].[2H][2H].[2H][2H].[2H][2H].[2H][2H].[2H][2H].[2H][2H].[2H][2H].[2H][2H].[2H][2H].[2H][2H].[2H][2H].[2H][2H].[2H][2H].[2H][2H].[2H][2H].[2H][2H].[2H][2H].[2H][2H].[2H][2H].[2H][2H].[2H][2H].[2H][2H].[2H][2H].[2H][2H].[2H][2H].[2H][2H].[2H][2H].[2H][2H].[2H][2H].[2H][2H].[2H][2H].[2H][2H].[2H][2H].[2H][2H].[2H][2H].[2H][2H].[2H][2H].[2H][2H].[2H][2H].[2H][2H].[2H][2H].[2H][2H].[2H][2H].[2H][2H].[2H][2H].[2H][2H].[2H][2H].[2H][2H].[2H][2H].[2H][2H].[2H][2H].[2H][2H].[2H][2H].[2H][2H].[2H][2H].[2H][2H].[2H][2H].[2H][2H].[2H][2H].[2H][2H].[2H][2H].[2H][2H].[2H][2H].[2H][2H].[2H][2H].[2H][2H].[2H][2H].[2H][2H].[2H][2H].[2H][2H].[2H][2H].[2H][2H].[2H][2H].[2H][2H].[2H][2H].[2H][2H].[2H][2H].[2H][2H].[2H][2H].[2H][2H].[2H]c1ccc2c(c1)c1cccnc1c1cnccc21.[2H]c1ccc2c(c1)c1cccnc1c1ncccc21.[2H]c1ccc2c3ccccc3c3cccnc3c2c1.[2H]c1ccc2c3ccccc3c3ccncc3c2c1.[2H]c1ccc2c3ccccc3c3ccncc3c2c1.[2H]c1ccc2c3ccccc3c3ncccc3c2c1. The van der Waals surface area contributed by atoms with Crippen LogP contribution >= 0.6 is 0 Å². The molecule has 0 aliphatic heterocycles. The third-order valence-corrected chi connectivity index (χ3v) is 20.4. The van der Waals surface area contributed by atoms with Crippen LogP contribution in [0.4, 0.5) is 0 Å². The molecule has 0 saturated carbocycles. The normalized spacial score (nSPS) is 18.8. The highest BCUT2D eigenvalue weighted by atomic mass is 14.7. The Hall–Kier alpha value is -14.6. The molecule has 0 spiro atoms. The average molecular weight is 1750 g/mol. The highest BCUT2D eigenvalue weighted by Gasteiger charge is 2.14. The second-order valence-electron chi connectivity index (χ2n) is 26.3. The second-order valence-corrected chi connectivity index (χ2v) is 26.3. The minimum absolute atomic E-state index is 0.515. The van der Waals surface area contributed by atoms with Crippen LogP contribution in [0.15, 0.2) is 390 Å². The topological polar surface area (TPSA) is 103 Å². The van der Waals surface area contributed by atoms with Gasteiger partial charge in [0.15, 0.2) is 0 Å². The van der Waals surface area contributed by atoms with Crippen LogP contribution < -0.4 is 0 Å². The standard InChI is InChI=1S/4C17H11N.2C16H10N2.90H2/c2*1-2-7-14-12(6-1)13-8-3-4-9-15(13)17-16(14)10-5-11-18-17;2*1-2-7-14-12(5-1)13-6-3-4-8-15(13)17-11-18-10-9-16(14)17;1-2-6-12-11(5-1)13-7-3-9-17-15(13)16-14(12)8-4-10-18-16;1-2-5-12-11(4-1)13-7-9-17-10-15(13)16-14(12)6-3-8-18-16;;;;;;;;;;;;;;;;;;;;;;;;;;;;;;;;;;;;;;;;;;;;;;;;;;;;;;;;;;;;;;;;;;;;;;;;;;;;;;;;;;;;;;;;;;/h4*1-11H;2*1-10H;90*1H/i4D;2D;2*4D;1D;2D;90*1+1D. The molecule has 8 heteroatoms. The molecule has 108 heavy (non-hydrogen) atoms. The Balaban J connectivity index is -0.0000000250. The van der Waals surface area contributed by atoms with Crippen molar-refractivity contribution in [3.05, 3.63) is 390 Å². The summed E-state index contributed by atoms with van der Waals surface area (Å²) >= 11 is 0. The first-order chi connectivity index (χ1) is 146. The Labute approximate surface area is 906 Å². The van der Waals surface area contributed by atoms with Gasteiger partial charge in [-0.2, -0.15) is 0 Å². The van der Waals surface area contributed by atoms with Gasteiger partial charge < -0.3 is 0 Å². The number of hydrogen-bond donors (Lipinski definition) is 0. The largest absolute Gasteiger partial charge is 0.264 e. The van der Waals surface area contributed by atoms with E-state index in [0.717, 1.165) is 125 Å². The van der Waals surface area contributed by atoms with Crippen LogP contribution in [0.25, 0.3) is 195 Å². The van der Waals surface area contributed by atoms with Crippen LogP contribution in [-0.2, 0) is 0 Å². The summed E-state index contributed by atoms with van der Waals surface area (Å²) in [6.07, 6.45) is 20.1. The molecule has 0 radical (unpaired) electrons. The van der Waals surface area contributed by atoms with E-state index in [0.29, 0.717) is 36.3 Å². The fourth-order valence-corrected chi connectivity index (χ4v) is 15.7. The van der Waals surface area contributed by atoms with Crippen LogP contribution in [0.5, 0.6) is 0 Å². The van der Waals surface area contributed by atoms with E-state index in [2.05, 4.69) is 149 Å². The maximum Gasteiger partial charge on any atom is 0.0970 e. The summed E-state index contributed by atoms with van der Waals surface area (Å²) in [4.78, 5) is 35.2. The van der Waals surface area contributed by atoms with E-state index in [1.165, 1.54) is 70.0 Å². The summed E-state index contributed by atoms with van der Waals surface area (Å²) in [7, 11) is 0. The highest BCUT2D eigenvalue weighted by Crippen LogP contribution is 2.40. The Kier molecular flexibility index (Phi) is 4.84. The molecule has 8 aromatic heterocycles. The van der Waals surface area contributed by atoms with Crippen LogP contribution in [0.1, 0.15) is 275 Å². The molecule has 24 rings (SSSR count). The van der Waals surface area contributed by atoms with Gasteiger partial charge in [-0.15, -0.1) is 0 Å². The number of rotatable bonds is 0. The van der Waals surface area contributed by atoms with Crippen molar-refractivity contribution in [2.45, 2.75) is 0 Å². The van der Waals surface area contributed by atoms with E-state index in [9.17, 15) is 0 Å². The third kappa shape index (κ3) is 11.5. The summed E-state index contributed by atoms with van der Waals surface area (Å²) in [5.74, 6) is 0. The number of benzene rings is 16. The second kappa shape index (κ2) is 28.2. The van der Waals surface area contributed by atoms with Gasteiger partial charge in [-0.3, -0.25) is 39.9 Å². The minimum Gasteiger partial charge on any atom is -0.264 e. The van der Waals surface area contributed by atoms with E-state index in [4.69, 9.17) is 275 Å². The molecular weight excluding hydrogens is 1310 g/mol. The molecule has 0 unspecified atom stereocenters. The van der Waals surface area contributed by atoms with Crippen molar-refractivity contribution in [2.24, 2.45) is 0 Å². The van der Waals surface area contributed by atoms with Gasteiger partial charge in [-0.1, -0.05) is 273 Å². The molecular formula is C100H244N8. The van der Waals surface area contributed by atoms with Crippen LogP contribution in [-0.4, -0.2) is 39.9 Å². The van der Waals surface area contributed by atoms with Gasteiger partial charge in [-0.25, -0.2) is 0 Å². The maximum atomic E-state index is 7.84. The van der Waals surface area contributed by atoms with Gasteiger partial charge >= 0.3 is 0 Å². The summed E-state index contributed by atoms with van der Waals surface area (Å²) < 4.78 is 947. The first-order valence-electron chi connectivity index (χ1n) is 129. The number of pyridine rings is 8. The lowest BCUT2D eigenvalue weighted by Crippen LogP contribution is -1.87. The van der Waals surface area contributed by atoms with Gasteiger partial charge in [0.1, 0.15) is 0 Å². The van der Waals surface area contributed by atoms with Gasteiger partial charge in [0.05, 0.1) is 35.8 Å². The van der Waals surface area contributed by atoms with E-state index >= 15 is 0 Å². The van der Waals surface area contributed by atoms with Gasteiger partial charge in [0.2, 0.25) is 0 Å². The van der Waals surface area contributed by atoms with Crippen molar-refractivity contribution in [3.63, 3.8) is 0 Å². The average Bonchev–Trinajstić information content (AvgIpc) is 0.758. The molecule has 0 fully saturated rings. The predicted octanol–water partition coefficient (Wildman–Crippen LogP) is 48.2. The van der Waals surface area contributed by atoms with Gasteiger partial charge in [0, 0.05) is 389 Å². The quantitative estimate of drug-likeness (QED) is 0.138. The number of aromatic nitrogens is 8. The molecule has 0 amide bonds. The van der Waals surface area contributed by atoms with Crippen molar-refractivity contribution in [1.82, 2.24) is 39.9 Å². The lowest BCUT2D eigenvalue weighted by Gasteiger charge is -2.09. The minimum atomic E-state index is 0.515. The molecule has 684 valence electrons. The van der Waals surface area contributed by atoms with Crippen molar-refractivity contribution >= 4 is 195 Å². The lowest BCUT2D eigenvalue weighted by atomic mass is 9.96. The zero-order chi connectivity index (χ0) is 257. The maximum absolute atomic E-state index is 7.84. The summed E-state index contributed by atoms with van der Waals surface area (Å²) in [5.41, 5.74) is 4.75. The summed E-state index contributed by atoms with van der Waals surface area (Å²) in [6.45, 7) is 0. The van der Waals surface area contributed by atoms with Crippen molar-refractivity contribution in [2.75, 3.05) is 0 Å². The summed E-state index contributed by atoms with van der Waals surface area (Å²) in [5, 5.41) is 35.6. The third-order valence-electron chi connectivity index (χ3n) is 20.4. The smallest absolute Gasteiger partial charge is 0.0970 e. The van der Waals surface area contributed by atoms with Crippen molar-refractivity contribution < 1.29 is 275 Å². The first kappa shape index (κ1) is 18.5. The van der Waals surface area contributed by atoms with Gasteiger partial charge in [-0.05, 0) is 162 Å². The van der Waals surface area contributed by atoms with Crippen LogP contribution in [0.2, 0.25) is 0 Å². The first-order valence-corrected chi connectivity index (χ1v) is 35.7. The molecule has 8 heterocycles. The van der Waals surface area contributed by atoms with Crippen molar-refractivity contribution in [1.29, 1.82) is 0 Å². The van der Waals surface area contributed by atoms with Crippen LogP contribution in [0.3, 0.4) is 0 Å². The molecule has 0 bridgehead atoms. The molecule has 0 saturated heterocycles. The number of fused-ring (bicyclic) bond motifs is 36. The van der Waals surface area contributed by atoms with E-state index in [1.807, 2.05) is 219 Å². The van der Waals surface area contributed by atoms with Crippen molar-refractivity contribution in [3.8, 4) is 0 Å². The fraction of sp³-hybridized carbons (Fsp3) is 0.